The van der Waals surface area contributed by atoms with Crippen LogP contribution in [0.1, 0.15) is 12.8 Å². The molecule has 1 fully saturated rings. The van der Waals surface area contributed by atoms with Gasteiger partial charge < -0.3 is 15.8 Å². The van der Waals surface area contributed by atoms with Crippen molar-refractivity contribution in [3.8, 4) is 0 Å². The smallest absolute Gasteiger partial charge is 0.151 e. The van der Waals surface area contributed by atoms with Crippen molar-refractivity contribution in [2.75, 3.05) is 24.2 Å². The normalized spacial score (nSPS) is 20.0. The quantitative estimate of drug-likeness (QED) is 0.779. The molecule has 0 amide bonds. The maximum absolute atomic E-state index is 13.4. The standard InChI is InChI=1S/C11H14F2N2O/c12-9-4-7(14)5-10(13)11(9)15-6-8-2-1-3-16-8/h4-5,8,15H,1-3,6,14H2. The van der Waals surface area contributed by atoms with E-state index in [0.717, 1.165) is 31.6 Å². The van der Waals surface area contributed by atoms with Gasteiger partial charge in [0.1, 0.15) is 5.69 Å². The van der Waals surface area contributed by atoms with E-state index in [9.17, 15) is 8.78 Å². The molecule has 0 saturated carbocycles. The SMILES string of the molecule is Nc1cc(F)c(NCC2CCCO2)c(F)c1. The Hall–Kier alpha value is -1.36. The Morgan fingerprint density at radius 2 is 2.06 bits per heavy atom. The van der Waals surface area contributed by atoms with Crippen LogP contribution < -0.4 is 11.1 Å². The third-order valence-electron chi connectivity index (χ3n) is 2.59. The first kappa shape index (κ1) is 11.1. The highest BCUT2D eigenvalue weighted by molar-refractivity contribution is 5.54. The summed E-state index contributed by atoms with van der Waals surface area (Å²) in [5.74, 6) is -1.34. The predicted octanol–water partition coefficient (Wildman–Crippen LogP) is 2.14. The summed E-state index contributed by atoms with van der Waals surface area (Å²) in [4.78, 5) is 0. The lowest BCUT2D eigenvalue weighted by atomic mass is 10.2. The second-order valence-electron chi connectivity index (χ2n) is 3.88. The Bertz CT molecular complexity index is 355. The van der Waals surface area contributed by atoms with E-state index in [2.05, 4.69) is 5.32 Å². The summed E-state index contributed by atoms with van der Waals surface area (Å²) < 4.78 is 32.1. The molecule has 3 N–H and O–H groups in total. The molecule has 1 heterocycles. The number of rotatable bonds is 3. The van der Waals surface area contributed by atoms with Gasteiger partial charge in [-0.1, -0.05) is 0 Å². The molecule has 1 aliphatic heterocycles. The Morgan fingerprint density at radius 1 is 1.38 bits per heavy atom. The number of halogens is 2. The molecule has 1 aromatic carbocycles. The number of nitrogen functional groups attached to an aromatic ring is 1. The van der Waals surface area contributed by atoms with Crippen LogP contribution in [0.3, 0.4) is 0 Å². The van der Waals surface area contributed by atoms with E-state index >= 15 is 0 Å². The molecule has 1 aliphatic rings. The lowest BCUT2D eigenvalue weighted by molar-refractivity contribution is 0.120. The molecule has 2 rings (SSSR count). The zero-order chi connectivity index (χ0) is 11.5. The van der Waals surface area contributed by atoms with Gasteiger partial charge in [-0.2, -0.15) is 0 Å². The van der Waals surface area contributed by atoms with Gasteiger partial charge >= 0.3 is 0 Å². The van der Waals surface area contributed by atoms with E-state index < -0.39 is 11.6 Å². The predicted molar refractivity (Wildman–Crippen MR) is 58.2 cm³/mol. The number of nitrogens with two attached hydrogens (primary N) is 1. The minimum Gasteiger partial charge on any atom is -0.399 e. The van der Waals surface area contributed by atoms with E-state index in [1.165, 1.54) is 0 Å². The molecule has 0 bridgehead atoms. The van der Waals surface area contributed by atoms with Crippen molar-refractivity contribution in [1.82, 2.24) is 0 Å². The minimum absolute atomic E-state index is 0.0383. The van der Waals surface area contributed by atoms with Gasteiger partial charge in [-0.15, -0.1) is 0 Å². The van der Waals surface area contributed by atoms with Crippen LogP contribution in [-0.2, 0) is 4.74 Å². The molecule has 3 nitrogen and oxygen atoms in total. The van der Waals surface area contributed by atoms with E-state index in [1.807, 2.05) is 0 Å². The average Bonchev–Trinajstić information content (AvgIpc) is 2.68. The number of hydrogen-bond acceptors (Lipinski definition) is 3. The van der Waals surface area contributed by atoms with Crippen molar-refractivity contribution < 1.29 is 13.5 Å². The Kier molecular flexibility index (Phi) is 3.24. The summed E-state index contributed by atoms with van der Waals surface area (Å²) in [5, 5.41) is 2.72. The molecule has 88 valence electrons. The lowest BCUT2D eigenvalue weighted by Crippen LogP contribution is -2.19. The maximum Gasteiger partial charge on any atom is 0.151 e. The average molecular weight is 228 g/mol. The van der Waals surface area contributed by atoms with Crippen LogP contribution in [-0.4, -0.2) is 19.3 Å². The summed E-state index contributed by atoms with van der Waals surface area (Å²) in [6, 6.07) is 2.20. The van der Waals surface area contributed by atoms with Crippen LogP contribution in [0.4, 0.5) is 20.2 Å². The van der Waals surface area contributed by atoms with Crippen molar-refractivity contribution in [2.45, 2.75) is 18.9 Å². The van der Waals surface area contributed by atoms with Gasteiger partial charge in [-0.25, -0.2) is 8.78 Å². The molecular weight excluding hydrogens is 214 g/mol. The highest BCUT2D eigenvalue weighted by atomic mass is 19.1. The van der Waals surface area contributed by atoms with Gasteiger partial charge in [0.25, 0.3) is 0 Å². The third-order valence-corrected chi connectivity index (χ3v) is 2.59. The van der Waals surface area contributed by atoms with Gasteiger partial charge in [0, 0.05) is 18.8 Å². The van der Waals surface area contributed by atoms with E-state index in [1.54, 1.807) is 0 Å². The summed E-state index contributed by atoms with van der Waals surface area (Å²) >= 11 is 0. The van der Waals surface area contributed by atoms with Crippen LogP contribution in [0.15, 0.2) is 12.1 Å². The molecule has 16 heavy (non-hydrogen) atoms. The van der Waals surface area contributed by atoms with Crippen LogP contribution in [0.2, 0.25) is 0 Å². The Balaban J connectivity index is 2.03. The highest BCUT2D eigenvalue weighted by Crippen LogP contribution is 2.22. The summed E-state index contributed by atoms with van der Waals surface area (Å²) in [7, 11) is 0. The van der Waals surface area contributed by atoms with Gasteiger partial charge in [-0.05, 0) is 25.0 Å². The molecule has 1 atom stereocenters. The number of benzene rings is 1. The first-order valence-electron chi connectivity index (χ1n) is 5.27. The molecule has 1 saturated heterocycles. The maximum atomic E-state index is 13.4. The van der Waals surface area contributed by atoms with Gasteiger partial charge in [-0.3, -0.25) is 0 Å². The van der Waals surface area contributed by atoms with Gasteiger partial charge in [0.15, 0.2) is 11.6 Å². The molecule has 1 unspecified atom stereocenters. The first-order chi connectivity index (χ1) is 7.66. The fourth-order valence-corrected chi connectivity index (χ4v) is 1.78. The van der Waals surface area contributed by atoms with E-state index in [4.69, 9.17) is 10.5 Å². The van der Waals surface area contributed by atoms with E-state index in [-0.39, 0.29) is 17.5 Å². The molecule has 0 spiro atoms. The molecule has 0 aromatic heterocycles. The molecular formula is C11H14F2N2O. The Morgan fingerprint density at radius 3 is 2.62 bits per heavy atom. The van der Waals surface area contributed by atoms with Gasteiger partial charge in [0.05, 0.1) is 6.10 Å². The zero-order valence-electron chi connectivity index (χ0n) is 8.80. The van der Waals surface area contributed by atoms with Crippen molar-refractivity contribution in [1.29, 1.82) is 0 Å². The monoisotopic (exact) mass is 228 g/mol. The molecule has 0 aliphatic carbocycles. The second-order valence-corrected chi connectivity index (χ2v) is 3.88. The second kappa shape index (κ2) is 4.65. The number of ether oxygens (including phenoxy) is 1. The van der Waals surface area contributed by atoms with Crippen LogP contribution in [0.5, 0.6) is 0 Å². The topological polar surface area (TPSA) is 47.3 Å². The van der Waals surface area contributed by atoms with Crippen molar-refractivity contribution in [3.05, 3.63) is 23.8 Å². The molecule has 5 heteroatoms. The van der Waals surface area contributed by atoms with Crippen LogP contribution >= 0.6 is 0 Å². The van der Waals surface area contributed by atoms with Gasteiger partial charge in [0.2, 0.25) is 0 Å². The van der Waals surface area contributed by atoms with Crippen LogP contribution in [0, 0.1) is 11.6 Å². The van der Waals surface area contributed by atoms with Crippen molar-refractivity contribution in [3.63, 3.8) is 0 Å². The zero-order valence-corrected chi connectivity index (χ0v) is 8.80. The van der Waals surface area contributed by atoms with Crippen LogP contribution in [0.25, 0.3) is 0 Å². The number of anilines is 2. The fourth-order valence-electron chi connectivity index (χ4n) is 1.78. The third kappa shape index (κ3) is 2.41. The molecule has 0 radical (unpaired) electrons. The minimum atomic E-state index is -0.671. The first-order valence-corrected chi connectivity index (χ1v) is 5.27. The Labute approximate surface area is 92.6 Å². The summed E-state index contributed by atoms with van der Waals surface area (Å²) in [6.07, 6.45) is 1.96. The number of hydrogen-bond donors (Lipinski definition) is 2. The lowest BCUT2D eigenvalue weighted by Gasteiger charge is -2.13. The van der Waals surface area contributed by atoms with E-state index in [0.29, 0.717) is 6.54 Å². The summed E-state index contributed by atoms with van der Waals surface area (Å²) in [5.41, 5.74) is 5.26. The van der Waals surface area contributed by atoms with Crippen molar-refractivity contribution in [2.24, 2.45) is 0 Å². The number of nitrogens with one attached hydrogen (secondary N) is 1. The fraction of sp³-hybridized carbons (Fsp3) is 0.455. The summed E-state index contributed by atoms with van der Waals surface area (Å²) in [6.45, 7) is 1.14. The highest BCUT2D eigenvalue weighted by Gasteiger charge is 2.17. The largest absolute Gasteiger partial charge is 0.399 e. The molecule has 1 aromatic rings. The van der Waals surface area contributed by atoms with Crippen molar-refractivity contribution >= 4 is 11.4 Å².